The Kier molecular flexibility index (Phi) is 3.07. The van der Waals surface area contributed by atoms with Gasteiger partial charge < -0.3 is 5.11 Å². The molecule has 1 aliphatic carbocycles. The molecule has 19 heavy (non-hydrogen) atoms. The molecule has 0 spiro atoms. The molecule has 2 aromatic rings. The first-order valence-corrected chi connectivity index (χ1v) is 6.58. The number of rotatable bonds is 3. The highest BCUT2D eigenvalue weighted by Crippen LogP contribution is 2.32. The van der Waals surface area contributed by atoms with Gasteiger partial charge in [0.2, 0.25) is 0 Å². The maximum absolute atomic E-state index is 10.8. The Bertz CT molecular complexity index is 604. The lowest BCUT2D eigenvalue weighted by atomic mass is 9.83. The van der Waals surface area contributed by atoms with Gasteiger partial charge in [-0.05, 0) is 36.5 Å². The van der Waals surface area contributed by atoms with E-state index in [1.54, 1.807) is 16.9 Å². The molecule has 0 bridgehead atoms. The molecule has 1 unspecified atom stereocenters. The molecule has 0 amide bonds. The van der Waals surface area contributed by atoms with E-state index in [4.69, 9.17) is 5.11 Å². The van der Waals surface area contributed by atoms with Crippen LogP contribution in [0.5, 0.6) is 0 Å². The molecule has 1 aromatic heterocycles. The van der Waals surface area contributed by atoms with Crippen molar-refractivity contribution in [3.8, 4) is 0 Å². The second-order valence-corrected chi connectivity index (χ2v) is 5.02. The summed E-state index contributed by atoms with van der Waals surface area (Å²) in [5, 5.41) is 13.0. The quantitative estimate of drug-likeness (QED) is 0.918. The van der Waals surface area contributed by atoms with Gasteiger partial charge in [0.05, 0.1) is 0 Å². The predicted molar refractivity (Wildman–Crippen MR) is 71.3 cm³/mol. The van der Waals surface area contributed by atoms with Crippen LogP contribution in [0.2, 0.25) is 0 Å². The van der Waals surface area contributed by atoms with Gasteiger partial charge in [-0.25, -0.2) is 4.79 Å². The Morgan fingerprint density at radius 3 is 3.00 bits per heavy atom. The van der Waals surface area contributed by atoms with E-state index in [-0.39, 0.29) is 5.69 Å². The third-order valence-electron chi connectivity index (χ3n) is 3.76. The molecule has 4 nitrogen and oxygen atoms in total. The minimum absolute atomic E-state index is 0.115. The summed E-state index contributed by atoms with van der Waals surface area (Å²) in [6.45, 7) is 0.754. The number of aromatic nitrogens is 2. The average Bonchev–Trinajstić information content (AvgIpc) is 2.88. The highest BCUT2D eigenvalue weighted by Gasteiger charge is 2.20. The minimum Gasteiger partial charge on any atom is -0.476 e. The smallest absolute Gasteiger partial charge is 0.356 e. The number of nitrogens with zero attached hydrogens (tertiary/aromatic N) is 2. The van der Waals surface area contributed by atoms with Crippen LogP contribution >= 0.6 is 0 Å². The molecule has 1 atom stereocenters. The largest absolute Gasteiger partial charge is 0.476 e. The Morgan fingerprint density at radius 2 is 2.21 bits per heavy atom. The number of benzene rings is 1. The zero-order chi connectivity index (χ0) is 13.2. The van der Waals surface area contributed by atoms with Crippen molar-refractivity contribution in [3.63, 3.8) is 0 Å². The number of aromatic carboxylic acids is 1. The van der Waals surface area contributed by atoms with Crippen LogP contribution in [0.3, 0.4) is 0 Å². The van der Waals surface area contributed by atoms with E-state index in [1.165, 1.54) is 17.5 Å². The summed E-state index contributed by atoms with van der Waals surface area (Å²) in [5.41, 5.74) is 2.93. The van der Waals surface area contributed by atoms with Crippen molar-refractivity contribution < 1.29 is 9.90 Å². The van der Waals surface area contributed by atoms with Gasteiger partial charge in [-0.3, -0.25) is 4.68 Å². The molecule has 0 saturated heterocycles. The fourth-order valence-corrected chi connectivity index (χ4v) is 2.85. The Labute approximate surface area is 111 Å². The molecule has 1 N–H and O–H groups in total. The van der Waals surface area contributed by atoms with Crippen LogP contribution in [0.1, 0.15) is 40.4 Å². The zero-order valence-corrected chi connectivity index (χ0v) is 10.6. The highest BCUT2D eigenvalue weighted by atomic mass is 16.4. The van der Waals surface area contributed by atoms with Crippen LogP contribution in [0.25, 0.3) is 0 Å². The Hall–Kier alpha value is -2.10. The molecule has 0 saturated carbocycles. The van der Waals surface area contributed by atoms with Gasteiger partial charge >= 0.3 is 5.97 Å². The molecule has 1 heterocycles. The van der Waals surface area contributed by atoms with E-state index < -0.39 is 5.97 Å². The van der Waals surface area contributed by atoms with E-state index in [0.29, 0.717) is 5.92 Å². The Morgan fingerprint density at radius 1 is 1.37 bits per heavy atom. The maximum Gasteiger partial charge on any atom is 0.356 e. The van der Waals surface area contributed by atoms with Crippen molar-refractivity contribution in [1.29, 1.82) is 0 Å². The number of carboxylic acid groups (broad SMARTS) is 1. The van der Waals surface area contributed by atoms with E-state index in [2.05, 4.69) is 29.4 Å². The molecule has 98 valence electrons. The zero-order valence-electron chi connectivity index (χ0n) is 10.6. The third-order valence-corrected chi connectivity index (χ3v) is 3.76. The molecule has 0 radical (unpaired) electrons. The second-order valence-electron chi connectivity index (χ2n) is 5.02. The lowest BCUT2D eigenvalue weighted by Gasteiger charge is -2.25. The van der Waals surface area contributed by atoms with Crippen molar-refractivity contribution in [3.05, 3.63) is 53.3 Å². The fraction of sp³-hybridized carbons (Fsp3) is 0.333. The van der Waals surface area contributed by atoms with Crippen molar-refractivity contribution >= 4 is 5.97 Å². The molecule has 1 aliphatic rings. The molecular weight excluding hydrogens is 240 g/mol. The fourth-order valence-electron chi connectivity index (χ4n) is 2.85. The van der Waals surface area contributed by atoms with Gasteiger partial charge in [0, 0.05) is 18.7 Å². The van der Waals surface area contributed by atoms with Gasteiger partial charge in [0.25, 0.3) is 0 Å². The third kappa shape index (κ3) is 2.38. The van der Waals surface area contributed by atoms with E-state index >= 15 is 0 Å². The van der Waals surface area contributed by atoms with Crippen LogP contribution in [-0.4, -0.2) is 20.9 Å². The van der Waals surface area contributed by atoms with Crippen LogP contribution < -0.4 is 0 Å². The van der Waals surface area contributed by atoms with Crippen molar-refractivity contribution in [1.82, 2.24) is 9.78 Å². The summed E-state index contributed by atoms with van der Waals surface area (Å²) in [6.07, 6.45) is 5.22. The lowest BCUT2D eigenvalue weighted by molar-refractivity contribution is 0.0689. The van der Waals surface area contributed by atoms with Gasteiger partial charge in [0.15, 0.2) is 5.69 Å². The first-order chi connectivity index (χ1) is 9.24. The molecule has 1 aromatic carbocycles. The van der Waals surface area contributed by atoms with Gasteiger partial charge in [-0.2, -0.15) is 5.10 Å². The van der Waals surface area contributed by atoms with E-state index in [9.17, 15) is 4.79 Å². The van der Waals surface area contributed by atoms with Gasteiger partial charge in [0.1, 0.15) is 0 Å². The number of aryl methyl sites for hydroxylation is 1. The average molecular weight is 256 g/mol. The summed E-state index contributed by atoms with van der Waals surface area (Å²) in [7, 11) is 0. The summed E-state index contributed by atoms with van der Waals surface area (Å²) in [4.78, 5) is 10.8. The summed E-state index contributed by atoms with van der Waals surface area (Å²) >= 11 is 0. The number of fused-ring (bicyclic) bond motifs is 1. The minimum atomic E-state index is -0.970. The number of carboxylic acids is 1. The summed E-state index contributed by atoms with van der Waals surface area (Å²) < 4.78 is 1.75. The first-order valence-electron chi connectivity index (χ1n) is 6.58. The number of hydrogen-bond acceptors (Lipinski definition) is 2. The van der Waals surface area contributed by atoms with Crippen molar-refractivity contribution in [2.75, 3.05) is 0 Å². The molecule has 4 heteroatoms. The molecule has 0 fully saturated rings. The number of carbonyl (C=O) groups is 1. The van der Waals surface area contributed by atoms with Crippen LogP contribution in [-0.2, 0) is 13.0 Å². The normalized spacial score (nSPS) is 18.0. The van der Waals surface area contributed by atoms with Gasteiger partial charge in [-0.1, -0.05) is 24.3 Å². The van der Waals surface area contributed by atoms with Crippen molar-refractivity contribution in [2.24, 2.45) is 0 Å². The van der Waals surface area contributed by atoms with Gasteiger partial charge in [-0.15, -0.1) is 0 Å². The second kappa shape index (κ2) is 4.88. The topological polar surface area (TPSA) is 55.1 Å². The van der Waals surface area contributed by atoms with Crippen LogP contribution in [0, 0.1) is 0 Å². The van der Waals surface area contributed by atoms with Crippen LogP contribution in [0.4, 0.5) is 0 Å². The van der Waals surface area contributed by atoms with E-state index in [0.717, 1.165) is 19.4 Å². The molecular formula is C15H16N2O2. The summed E-state index contributed by atoms with van der Waals surface area (Å²) in [6, 6.07) is 10.1. The first kappa shape index (κ1) is 12.0. The monoisotopic (exact) mass is 256 g/mol. The number of hydrogen-bond donors (Lipinski definition) is 1. The van der Waals surface area contributed by atoms with Crippen molar-refractivity contribution in [2.45, 2.75) is 31.7 Å². The predicted octanol–water partition coefficient (Wildman–Crippen LogP) is 2.70. The van der Waals surface area contributed by atoms with Crippen LogP contribution in [0.15, 0.2) is 36.5 Å². The summed E-state index contributed by atoms with van der Waals surface area (Å²) in [5.74, 6) is -0.533. The molecule has 3 rings (SSSR count). The van der Waals surface area contributed by atoms with E-state index in [1.807, 2.05) is 0 Å². The molecule has 0 aliphatic heterocycles. The maximum atomic E-state index is 10.8. The Balaban J connectivity index is 1.82. The SMILES string of the molecule is O=C(O)c1ccn(CC2CCCc3ccccc32)n1. The standard InChI is InChI=1S/C15H16N2O2/c18-15(19)14-8-9-17(16-14)10-12-6-3-5-11-4-1-2-7-13(11)12/h1-2,4,7-9,12H,3,5-6,10H2,(H,18,19). The lowest BCUT2D eigenvalue weighted by Crippen LogP contribution is -2.16. The highest BCUT2D eigenvalue weighted by molar-refractivity contribution is 5.85.